The van der Waals surface area contributed by atoms with Gasteiger partial charge in [0.2, 0.25) is 5.88 Å². The molecule has 0 aliphatic heterocycles. The van der Waals surface area contributed by atoms with E-state index in [1.165, 1.54) is 13.2 Å². The number of methoxy groups -OCH3 is 1. The molecule has 1 amide bonds. The summed E-state index contributed by atoms with van der Waals surface area (Å²) in [6.45, 7) is 0. The summed E-state index contributed by atoms with van der Waals surface area (Å²) in [6, 6.07) is 11.2. The number of ether oxygens (including phenoxy) is 1. The first-order valence-corrected chi connectivity index (χ1v) is 9.07. The van der Waals surface area contributed by atoms with Crippen molar-refractivity contribution in [2.24, 2.45) is 5.92 Å². The van der Waals surface area contributed by atoms with E-state index in [9.17, 15) is 14.7 Å². The maximum atomic E-state index is 12.8. The van der Waals surface area contributed by atoms with E-state index in [4.69, 9.17) is 9.15 Å². The van der Waals surface area contributed by atoms with E-state index in [-0.39, 0.29) is 29.3 Å². The van der Waals surface area contributed by atoms with Gasteiger partial charge in [0.1, 0.15) is 5.58 Å². The number of carbonyl (C=O) groups excluding carboxylic acids is 1. The molecule has 0 unspecified atom stereocenters. The molecule has 1 saturated carbocycles. The number of aliphatic hydroxyl groups excluding tert-OH is 1. The number of nitrogens with zero attached hydrogens (tertiary/aromatic N) is 1. The highest BCUT2D eigenvalue weighted by atomic mass is 16.5. The van der Waals surface area contributed by atoms with Crippen LogP contribution in [0.1, 0.15) is 35.0 Å². The molecule has 7 nitrogen and oxygen atoms in total. The van der Waals surface area contributed by atoms with Crippen LogP contribution in [0.4, 0.5) is 0 Å². The zero-order valence-electron chi connectivity index (χ0n) is 15.3. The molecule has 0 bridgehead atoms. The summed E-state index contributed by atoms with van der Waals surface area (Å²) < 4.78 is 10.7. The van der Waals surface area contributed by atoms with Crippen molar-refractivity contribution in [3.05, 3.63) is 70.2 Å². The molecule has 1 aliphatic carbocycles. The molecule has 2 aromatic heterocycles. The lowest BCUT2D eigenvalue weighted by Crippen LogP contribution is -2.41. The Kier molecular flexibility index (Phi) is 4.83. The second-order valence-electron chi connectivity index (χ2n) is 6.94. The van der Waals surface area contributed by atoms with Crippen LogP contribution in [0.3, 0.4) is 0 Å². The number of fused-ring (bicyclic) bond motifs is 1. The minimum Gasteiger partial charge on any atom is -0.481 e. The lowest BCUT2D eigenvalue weighted by Gasteiger charge is -2.38. The Hall–Kier alpha value is -3.19. The molecule has 1 aliphatic rings. The summed E-state index contributed by atoms with van der Waals surface area (Å²) in [7, 11) is 1.53. The summed E-state index contributed by atoms with van der Waals surface area (Å²) >= 11 is 0. The van der Waals surface area contributed by atoms with Gasteiger partial charge in [-0.1, -0.05) is 18.2 Å². The number of pyridine rings is 1. The van der Waals surface area contributed by atoms with Crippen LogP contribution in [-0.2, 0) is 0 Å². The molecule has 0 radical (unpaired) electrons. The van der Waals surface area contributed by atoms with Gasteiger partial charge in [-0.25, -0.2) is 4.98 Å². The van der Waals surface area contributed by atoms with Crippen molar-refractivity contribution in [1.29, 1.82) is 0 Å². The van der Waals surface area contributed by atoms with E-state index in [1.807, 2.05) is 6.07 Å². The lowest BCUT2D eigenvalue weighted by atomic mass is 9.75. The summed E-state index contributed by atoms with van der Waals surface area (Å²) in [6.07, 6.45) is 2.44. The average molecular weight is 380 g/mol. The van der Waals surface area contributed by atoms with Crippen LogP contribution in [0, 0.1) is 5.92 Å². The van der Waals surface area contributed by atoms with Crippen molar-refractivity contribution < 1.29 is 19.1 Å². The normalized spacial score (nSPS) is 19.6. The van der Waals surface area contributed by atoms with Crippen LogP contribution < -0.4 is 15.5 Å². The fourth-order valence-electron chi connectivity index (χ4n) is 3.50. The molecular weight excluding hydrogens is 360 g/mol. The van der Waals surface area contributed by atoms with E-state index in [0.29, 0.717) is 29.7 Å². The van der Waals surface area contributed by atoms with Crippen LogP contribution in [0.2, 0.25) is 0 Å². The summed E-state index contributed by atoms with van der Waals surface area (Å²) in [5.74, 6) is 0.0180. The number of hydrogen-bond donors (Lipinski definition) is 2. The van der Waals surface area contributed by atoms with E-state index in [2.05, 4.69) is 10.3 Å². The molecule has 0 spiro atoms. The van der Waals surface area contributed by atoms with E-state index in [0.717, 1.165) is 5.56 Å². The standard InChI is InChI=1S/C21H20N2O5/c1-27-19-7-6-12(11-22-19)20(13-8-14(24)9-13)23-21(26)18-10-16(25)15-4-2-3-5-17(15)28-18/h2-7,10-11,13-14,20,24H,8-9H2,1H3,(H,23,26)/t13?,14?,20-/m1/s1. The molecule has 1 atom stereocenters. The van der Waals surface area contributed by atoms with Crippen LogP contribution in [0.25, 0.3) is 11.0 Å². The van der Waals surface area contributed by atoms with Crippen LogP contribution in [-0.4, -0.2) is 29.2 Å². The van der Waals surface area contributed by atoms with Gasteiger partial charge in [0.25, 0.3) is 5.91 Å². The molecule has 3 aromatic rings. The highest BCUT2D eigenvalue weighted by molar-refractivity contribution is 5.93. The Balaban J connectivity index is 1.62. The number of carbonyl (C=O) groups is 1. The monoisotopic (exact) mass is 380 g/mol. The predicted molar refractivity (Wildman–Crippen MR) is 102 cm³/mol. The van der Waals surface area contributed by atoms with E-state index < -0.39 is 5.91 Å². The minimum atomic E-state index is -0.481. The molecule has 2 heterocycles. The molecule has 7 heteroatoms. The number of rotatable bonds is 5. The first-order chi connectivity index (χ1) is 13.5. The highest BCUT2D eigenvalue weighted by Crippen LogP contribution is 2.38. The maximum Gasteiger partial charge on any atom is 0.287 e. The minimum absolute atomic E-state index is 0.0463. The molecule has 2 N–H and O–H groups in total. The second kappa shape index (κ2) is 7.44. The largest absolute Gasteiger partial charge is 0.481 e. The fourth-order valence-corrected chi connectivity index (χ4v) is 3.50. The summed E-state index contributed by atoms with van der Waals surface area (Å²) in [5, 5.41) is 13.1. The van der Waals surface area contributed by atoms with Gasteiger partial charge in [0.15, 0.2) is 11.2 Å². The molecule has 1 aromatic carbocycles. The Labute approximate surface area is 161 Å². The summed E-state index contributed by atoms with van der Waals surface area (Å²) in [4.78, 5) is 29.3. The Bertz CT molecular complexity index is 1050. The van der Waals surface area contributed by atoms with Gasteiger partial charge in [-0.3, -0.25) is 9.59 Å². The maximum absolute atomic E-state index is 12.8. The molecule has 1 fully saturated rings. The van der Waals surface area contributed by atoms with Crippen molar-refractivity contribution in [3.8, 4) is 5.88 Å². The third-order valence-corrected chi connectivity index (χ3v) is 5.09. The van der Waals surface area contributed by atoms with E-state index in [1.54, 1.807) is 36.5 Å². The average Bonchev–Trinajstić information content (AvgIpc) is 2.70. The number of amides is 1. The topological polar surface area (TPSA) is 102 Å². The predicted octanol–water partition coefficient (Wildman–Crippen LogP) is 2.44. The van der Waals surface area contributed by atoms with Gasteiger partial charge >= 0.3 is 0 Å². The first-order valence-electron chi connectivity index (χ1n) is 9.07. The van der Waals surface area contributed by atoms with Crippen LogP contribution in [0.5, 0.6) is 5.88 Å². The number of benzene rings is 1. The Morgan fingerprint density at radius 3 is 2.75 bits per heavy atom. The van der Waals surface area contributed by atoms with Crippen molar-refractivity contribution in [2.45, 2.75) is 25.0 Å². The number of aromatic nitrogens is 1. The fraction of sp³-hybridized carbons (Fsp3) is 0.286. The Morgan fingerprint density at radius 1 is 1.29 bits per heavy atom. The van der Waals surface area contributed by atoms with Crippen molar-refractivity contribution in [2.75, 3.05) is 7.11 Å². The molecule has 144 valence electrons. The van der Waals surface area contributed by atoms with Gasteiger partial charge in [-0.15, -0.1) is 0 Å². The number of para-hydroxylation sites is 1. The number of aliphatic hydroxyl groups is 1. The van der Waals surface area contributed by atoms with Gasteiger partial charge in [-0.05, 0) is 36.5 Å². The third kappa shape index (κ3) is 3.48. The smallest absolute Gasteiger partial charge is 0.287 e. The third-order valence-electron chi connectivity index (χ3n) is 5.09. The van der Waals surface area contributed by atoms with Crippen molar-refractivity contribution >= 4 is 16.9 Å². The SMILES string of the molecule is COc1ccc([C@@H](NC(=O)c2cc(=O)c3ccccc3o2)C2CC(O)C2)cn1. The molecule has 28 heavy (non-hydrogen) atoms. The van der Waals surface area contributed by atoms with Crippen molar-refractivity contribution in [3.63, 3.8) is 0 Å². The summed E-state index contributed by atoms with van der Waals surface area (Å²) in [5.41, 5.74) is 0.893. The first kappa shape index (κ1) is 18.2. The van der Waals surface area contributed by atoms with Gasteiger partial charge in [0.05, 0.1) is 24.6 Å². The van der Waals surface area contributed by atoms with Gasteiger partial charge in [0, 0.05) is 18.3 Å². The van der Waals surface area contributed by atoms with Gasteiger partial charge < -0.3 is 19.6 Å². The molecule has 4 rings (SSSR count). The molecular formula is C21H20N2O5. The van der Waals surface area contributed by atoms with E-state index >= 15 is 0 Å². The van der Waals surface area contributed by atoms with Crippen LogP contribution in [0.15, 0.2) is 57.9 Å². The second-order valence-corrected chi connectivity index (χ2v) is 6.94. The number of hydrogen-bond acceptors (Lipinski definition) is 6. The quantitative estimate of drug-likeness (QED) is 0.705. The zero-order chi connectivity index (χ0) is 19.7. The van der Waals surface area contributed by atoms with Crippen LogP contribution >= 0.6 is 0 Å². The highest BCUT2D eigenvalue weighted by Gasteiger charge is 2.36. The Morgan fingerprint density at radius 2 is 2.07 bits per heavy atom. The lowest BCUT2D eigenvalue weighted by molar-refractivity contribution is 0.0232. The number of nitrogens with one attached hydrogen (secondary N) is 1. The van der Waals surface area contributed by atoms with Crippen molar-refractivity contribution in [1.82, 2.24) is 10.3 Å². The zero-order valence-corrected chi connectivity index (χ0v) is 15.3. The molecule has 0 saturated heterocycles. The van der Waals surface area contributed by atoms with Gasteiger partial charge in [-0.2, -0.15) is 0 Å².